The Labute approximate surface area is 248 Å². The van der Waals surface area contributed by atoms with Gasteiger partial charge in [0.2, 0.25) is 5.91 Å². The van der Waals surface area contributed by atoms with Crippen LogP contribution in [-0.4, -0.2) is 30.6 Å². The van der Waals surface area contributed by atoms with Crippen LogP contribution in [0.1, 0.15) is 21.5 Å². The van der Waals surface area contributed by atoms with Crippen LogP contribution in [0.25, 0.3) is 6.08 Å². The van der Waals surface area contributed by atoms with Gasteiger partial charge in [0.25, 0.3) is 11.8 Å². The lowest BCUT2D eigenvalue weighted by molar-refractivity contribution is -0.114. The van der Waals surface area contributed by atoms with Crippen LogP contribution >= 0.6 is 23.4 Å². The molecule has 4 aromatic rings. The molecular weight excluding hydrogens is 558 g/mol. The van der Waals surface area contributed by atoms with Gasteiger partial charge in [0, 0.05) is 26.9 Å². The third kappa shape index (κ3) is 8.73. The van der Waals surface area contributed by atoms with Gasteiger partial charge in [0.05, 0.1) is 12.9 Å². The smallest absolute Gasteiger partial charge is 0.272 e. The van der Waals surface area contributed by atoms with E-state index in [9.17, 15) is 14.4 Å². The summed E-state index contributed by atoms with van der Waals surface area (Å²) in [5, 5.41) is 8.99. The molecule has 4 rings (SSSR count). The van der Waals surface area contributed by atoms with Crippen LogP contribution in [0.4, 0.5) is 11.4 Å². The molecule has 0 saturated carbocycles. The number of aryl methyl sites for hydroxylation is 1. The molecule has 0 unspecified atom stereocenters. The third-order valence-electron chi connectivity index (χ3n) is 5.85. The van der Waals surface area contributed by atoms with Gasteiger partial charge in [0.1, 0.15) is 11.4 Å². The zero-order valence-electron chi connectivity index (χ0n) is 22.4. The number of ether oxygens (including phenoxy) is 1. The van der Waals surface area contributed by atoms with Crippen molar-refractivity contribution in [2.75, 3.05) is 23.5 Å². The minimum Gasteiger partial charge on any atom is -0.497 e. The van der Waals surface area contributed by atoms with Gasteiger partial charge in [-0.3, -0.25) is 14.4 Å². The summed E-state index contributed by atoms with van der Waals surface area (Å²) in [6, 6.07) is 28.3. The van der Waals surface area contributed by atoms with Gasteiger partial charge in [-0.15, -0.1) is 11.8 Å². The molecule has 0 bridgehead atoms. The third-order valence-corrected chi connectivity index (χ3v) is 7.25. The van der Waals surface area contributed by atoms with E-state index >= 15 is 0 Å². The van der Waals surface area contributed by atoms with Crippen molar-refractivity contribution >= 4 is 58.5 Å². The van der Waals surface area contributed by atoms with Crippen LogP contribution in [-0.2, 0) is 9.59 Å². The van der Waals surface area contributed by atoms with E-state index < -0.39 is 11.8 Å². The first-order valence-electron chi connectivity index (χ1n) is 12.6. The standard InChI is InChI=1S/C32H28ClN3O4S/c1-21-14-15-25(19-28(21)33)34-30(37)20-41-27-13-7-11-24(18-27)35-32(39)29(17-22-8-6-12-26(16-22)40-2)36-31(38)23-9-4-3-5-10-23/h3-19H,20H2,1-2H3,(H,34,37)(H,35,39)(H,36,38)/b29-17-. The van der Waals surface area contributed by atoms with Crippen LogP contribution in [0.3, 0.4) is 0 Å². The summed E-state index contributed by atoms with van der Waals surface area (Å²) >= 11 is 7.47. The minimum absolute atomic E-state index is 0.0568. The molecular formula is C32H28ClN3O4S. The SMILES string of the molecule is COc1cccc(/C=C(\NC(=O)c2ccccc2)C(=O)Nc2cccc(SCC(=O)Nc3ccc(C)c(Cl)c3)c2)c1. The van der Waals surface area contributed by atoms with E-state index in [2.05, 4.69) is 16.0 Å². The topological polar surface area (TPSA) is 96.5 Å². The summed E-state index contributed by atoms with van der Waals surface area (Å²) in [5.74, 6) is -0.325. The Kier molecular flexibility index (Phi) is 10.2. The fourth-order valence-electron chi connectivity index (χ4n) is 3.72. The van der Waals surface area contributed by atoms with Crippen molar-refractivity contribution in [3.63, 3.8) is 0 Å². The second kappa shape index (κ2) is 14.2. The first-order valence-corrected chi connectivity index (χ1v) is 14.0. The van der Waals surface area contributed by atoms with Crippen molar-refractivity contribution in [1.29, 1.82) is 0 Å². The maximum absolute atomic E-state index is 13.4. The van der Waals surface area contributed by atoms with Crippen molar-refractivity contribution in [3.05, 3.63) is 124 Å². The molecule has 0 saturated heterocycles. The molecule has 9 heteroatoms. The molecule has 7 nitrogen and oxygen atoms in total. The summed E-state index contributed by atoms with van der Waals surface area (Å²) < 4.78 is 5.29. The lowest BCUT2D eigenvalue weighted by Crippen LogP contribution is -2.30. The van der Waals surface area contributed by atoms with Gasteiger partial charge in [-0.2, -0.15) is 0 Å². The number of nitrogens with one attached hydrogen (secondary N) is 3. The van der Waals surface area contributed by atoms with E-state index in [0.29, 0.717) is 33.3 Å². The number of halogens is 1. The van der Waals surface area contributed by atoms with E-state index in [1.54, 1.807) is 92.0 Å². The molecule has 0 aliphatic heterocycles. The van der Waals surface area contributed by atoms with E-state index in [1.165, 1.54) is 11.8 Å². The van der Waals surface area contributed by atoms with Crippen LogP contribution in [0.2, 0.25) is 5.02 Å². The maximum Gasteiger partial charge on any atom is 0.272 e. The number of hydrogen-bond donors (Lipinski definition) is 3. The number of rotatable bonds is 10. The van der Waals surface area contributed by atoms with E-state index in [4.69, 9.17) is 16.3 Å². The van der Waals surface area contributed by atoms with E-state index in [0.717, 1.165) is 10.5 Å². The molecule has 0 spiro atoms. The summed E-state index contributed by atoms with van der Waals surface area (Å²) in [6.45, 7) is 1.89. The Morgan fingerprint density at radius 1 is 0.854 bits per heavy atom. The highest BCUT2D eigenvalue weighted by atomic mass is 35.5. The van der Waals surface area contributed by atoms with Gasteiger partial charge < -0.3 is 20.7 Å². The predicted octanol–water partition coefficient (Wildman–Crippen LogP) is 6.80. The number of hydrogen-bond acceptors (Lipinski definition) is 5. The zero-order valence-corrected chi connectivity index (χ0v) is 24.0. The molecule has 0 radical (unpaired) electrons. The minimum atomic E-state index is -0.506. The second-order valence-corrected chi connectivity index (χ2v) is 10.4. The quantitative estimate of drug-likeness (QED) is 0.140. The number of carbonyl (C=O) groups excluding carboxylic acids is 3. The summed E-state index contributed by atoms with van der Waals surface area (Å²) in [6.07, 6.45) is 1.58. The molecule has 3 N–H and O–H groups in total. The lowest BCUT2D eigenvalue weighted by atomic mass is 10.1. The van der Waals surface area contributed by atoms with Crippen molar-refractivity contribution in [2.24, 2.45) is 0 Å². The summed E-state index contributed by atoms with van der Waals surface area (Å²) in [4.78, 5) is 39.5. The van der Waals surface area contributed by atoms with Crippen LogP contribution in [0, 0.1) is 6.92 Å². The average molecular weight is 586 g/mol. The number of carbonyl (C=O) groups is 3. The molecule has 41 heavy (non-hydrogen) atoms. The highest BCUT2D eigenvalue weighted by Crippen LogP contribution is 2.24. The summed E-state index contributed by atoms with van der Waals surface area (Å²) in [7, 11) is 1.56. The van der Waals surface area contributed by atoms with Crippen molar-refractivity contribution in [3.8, 4) is 5.75 Å². The van der Waals surface area contributed by atoms with Crippen molar-refractivity contribution in [1.82, 2.24) is 5.32 Å². The first-order chi connectivity index (χ1) is 19.8. The monoisotopic (exact) mass is 585 g/mol. The van der Waals surface area contributed by atoms with Gasteiger partial charge in [-0.25, -0.2) is 0 Å². The molecule has 208 valence electrons. The summed E-state index contributed by atoms with van der Waals surface area (Å²) in [5.41, 5.74) is 3.21. The lowest BCUT2D eigenvalue weighted by Gasteiger charge is -2.12. The number of methoxy groups -OCH3 is 1. The fraction of sp³-hybridized carbons (Fsp3) is 0.0938. The van der Waals surface area contributed by atoms with Crippen molar-refractivity contribution < 1.29 is 19.1 Å². The molecule has 0 atom stereocenters. The van der Waals surface area contributed by atoms with E-state index in [-0.39, 0.29) is 17.4 Å². The van der Waals surface area contributed by atoms with Crippen LogP contribution < -0.4 is 20.7 Å². The Balaban J connectivity index is 1.46. The molecule has 0 aromatic heterocycles. The molecule has 0 fully saturated rings. The molecule has 0 aliphatic carbocycles. The Bertz CT molecular complexity index is 1590. The first kappa shape index (κ1) is 29.5. The molecule has 4 aromatic carbocycles. The zero-order chi connectivity index (χ0) is 29.2. The number of benzene rings is 4. The Morgan fingerprint density at radius 3 is 2.37 bits per heavy atom. The fourth-order valence-corrected chi connectivity index (χ4v) is 4.65. The van der Waals surface area contributed by atoms with Gasteiger partial charge in [-0.05, 0) is 78.7 Å². The number of anilines is 2. The van der Waals surface area contributed by atoms with Crippen molar-refractivity contribution in [2.45, 2.75) is 11.8 Å². The van der Waals surface area contributed by atoms with Crippen LogP contribution in [0.15, 0.2) is 108 Å². The molecule has 3 amide bonds. The van der Waals surface area contributed by atoms with Crippen LogP contribution in [0.5, 0.6) is 5.75 Å². The number of thioether (sulfide) groups is 1. The average Bonchev–Trinajstić information content (AvgIpc) is 2.98. The van der Waals surface area contributed by atoms with Gasteiger partial charge in [-0.1, -0.05) is 54.1 Å². The second-order valence-electron chi connectivity index (χ2n) is 8.94. The largest absolute Gasteiger partial charge is 0.497 e. The Morgan fingerprint density at radius 2 is 1.61 bits per heavy atom. The predicted molar refractivity (Wildman–Crippen MR) is 165 cm³/mol. The van der Waals surface area contributed by atoms with E-state index in [1.807, 2.05) is 25.1 Å². The normalized spacial score (nSPS) is 11.0. The molecule has 0 aliphatic rings. The highest BCUT2D eigenvalue weighted by molar-refractivity contribution is 8.00. The van der Waals surface area contributed by atoms with Gasteiger partial charge in [0.15, 0.2) is 0 Å². The highest BCUT2D eigenvalue weighted by Gasteiger charge is 2.16. The van der Waals surface area contributed by atoms with Gasteiger partial charge >= 0.3 is 0 Å². The maximum atomic E-state index is 13.4. The molecule has 0 heterocycles. The Hall–Kier alpha value is -4.53. The number of amides is 3.